The van der Waals surface area contributed by atoms with Crippen LogP contribution in [-0.2, 0) is 17.6 Å². The second kappa shape index (κ2) is 9.19. The van der Waals surface area contributed by atoms with E-state index >= 15 is 0 Å². The molecule has 132 valence electrons. The van der Waals surface area contributed by atoms with Crippen molar-refractivity contribution >= 4 is 24.1 Å². The first-order valence-corrected chi connectivity index (χ1v) is 8.87. The highest BCUT2D eigenvalue weighted by molar-refractivity contribution is 5.98. The number of carbonyl (C=O) groups is 2. The van der Waals surface area contributed by atoms with Crippen molar-refractivity contribution in [1.29, 1.82) is 0 Å². The zero-order valence-corrected chi connectivity index (χ0v) is 14.9. The molecule has 1 atom stereocenters. The van der Waals surface area contributed by atoms with Gasteiger partial charge in [0, 0.05) is 31.0 Å². The second-order valence-electron chi connectivity index (χ2n) is 6.72. The maximum atomic E-state index is 12.3. The largest absolute Gasteiger partial charge is 0.352 e. The van der Waals surface area contributed by atoms with Crippen LogP contribution < -0.4 is 10.6 Å². The molecule has 1 aromatic carbocycles. The van der Waals surface area contributed by atoms with Gasteiger partial charge in [0.25, 0.3) is 0 Å². The number of hydrogen-bond acceptors (Lipinski definition) is 3. The monoisotopic (exact) mass is 350 g/mol. The summed E-state index contributed by atoms with van der Waals surface area (Å²) in [5, 5.41) is 6.30. The van der Waals surface area contributed by atoms with E-state index in [9.17, 15) is 9.59 Å². The Morgan fingerprint density at radius 2 is 1.88 bits per heavy atom. The van der Waals surface area contributed by atoms with Crippen molar-refractivity contribution in [2.75, 3.05) is 13.1 Å². The number of rotatable bonds is 5. The fourth-order valence-electron chi connectivity index (χ4n) is 3.55. The molecule has 1 fully saturated rings. The molecule has 1 heterocycles. The molecule has 2 N–H and O–H groups in total. The lowest BCUT2D eigenvalue weighted by atomic mass is 9.89. The molecule has 0 saturated carbocycles. The highest BCUT2D eigenvalue weighted by Gasteiger charge is 2.17. The summed E-state index contributed by atoms with van der Waals surface area (Å²) in [7, 11) is 0. The Balaban J connectivity index is 0.00000208. The van der Waals surface area contributed by atoms with Crippen molar-refractivity contribution in [2.24, 2.45) is 0 Å². The molecule has 1 saturated heterocycles. The minimum atomic E-state index is -0.00925. The summed E-state index contributed by atoms with van der Waals surface area (Å²) in [6.07, 6.45) is 7.36. The zero-order chi connectivity index (χ0) is 16.1. The van der Waals surface area contributed by atoms with Crippen LogP contribution in [0.5, 0.6) is 0 Å². The predicted octanol–water partition coefficient (Wildman–Crippen LogP) is 2.82. The lowest BCUT2D eigenvalue weighted by Gasteiger charge is -2.23. The van der Waals surface area contributed by atoms with Gasteiger partial charge in [-0.1, -0.05) is 12.1 Å². The number of fused-ring (bicyclic) bond motifs is 1. The Morgan fingerprint density at radius 3 is 2.62 bits per heavy atom. The minimum Gasteiger partial charge on any atom is -0.352 e. The number of nitrogens with one attached hydrogen (secondary N) is 2. The Bertz CT molecular complexity index is 583. The molecule has 0 bridgehead atoms. The van der Waals surface area contributed by atoms with E-state index in [0.29, 0.717) is 6.42 Å². The van der Waals surface area contributed by atoms with Crippen molar-refractivity contribution in [2.45, 2.75) is 57.4 Å². The third-order valence-electron chi connectivity index (χ3n) is 4.91. The fraction of sp³-hybridized carbons (Fsp3) is 0.579. The summed E-state index contributed by atoms with van der Waals surface area (Å²) < 4.78 is 0. The van der Waals surface area contributed by atoms with Crippen molar-refractivity contribution in [1.82, 2.24) is 10.6 Å². The second-order valence-corrected chi connectivity index (χ2v) is 6.72. The molecule has 0 spiro atoms. The van der Waals surface area contributed by atoms with Crippen molar-refractivity contribution in [3.05, 3.63) is 34.9 Å². The number of hydrogen-bond donors (Lipinski definition) is 2. The van der Waals surface area contributed by atoms with Crippen LogP contribution in [0.15, 0.2) is 18.2 Å². The molecule has 0 unspecified atom stereocenters. The van der Waals surface area contributed by atoms with E-state index in [1.165, 1.54) is 24.0 Å². The molecule has 1 aliphatic carbocycles. The van der Waals surface area contributed by atoms with Crippen LogP contribution in [0, 0.1) is 0 Å². The van der Waals surface area contributed by atoms with Crippen LogP contribution in [0.25, 0.3) is 0 Å². The van der Waals surface area contributed by atoms with Crippen LogP contribution in [0.2, 0.25) is 0 Å². The molecule has 5 heteroatoms. The van der Waals surface area contributed by atoms with Gasteiger partial charge in [-0.25, -0.2) is 0 Å². The van der Waals surface area contributed by atoms with Gasteiger partial charge in [0.2, 0.25) is 5.91 Å². The van der Waals surface area contributed by atoms with Crippen molar-refractivity contribution in [3.63, 3.8) is 0 Å². The lowest BCUT2D eigenvalue weighted by molar-refractivity contribution is -0.121. The molecule has 0 aromatic heterocycles. The molecule has 1 amide bonds. The number of aryl methyl sites for hydroxylation is 2. The van der Waals surface area contributed by atoms with Crippen LogP contribution in [0.4, 0.5) is 0 Å². The fourth-order valence-corrected chi connectivity index (χ4v) is 3.55. The number of halogens is 1. The molecule has 3 rings (SSSR count). The van der Waals surface area contributed by atoms with Gasteiger partial charge in [0.15, 0.2) is 5.78 Å². The van der Waals surface area contributed by atoms with Gasteiger partial charge in [-0.15, -0.1) is 12.4 Å². The normalized spacial score (nSPS) is 19.8. The number of carbonyl (C=O) groups excluding carboxylic acids is 2. The molecule has 4 nitrogen and oxygen atoms in total. The van der Waals surface area contributed by atoms with Gasteiger partial charge in [0.1, 0.15) is 0 Å². The lowest BCUT2D eigenvalue weighted by Crippen LogP contribution is -2.45. The number of piperidine rings is 1. The van der Waals surface area contributed by atoms with Gasteiger partial charge in [0.05, 0.1) is 0 Å². The van der Waals surface area contributed by atoms with Gasteiger partial charge in [-0.05, 0) is 62.3 Å². The highest BCUT2D eigenvalue weighted by Crippen LogP contribution is 2.22. The van der Waals surface area contributed by atoms with Crippen LogP contribution in [-0.4, -0.2) is 30.8 Å². The summed E-state index contributed by atoms with van der Waals surface area (Å²) in [6, 6.07) is 6.28. The number of ketones is 1. The maximum absolute atomic E-state index is 12.3. The molecule has 1 aliphatic heterocycles. The van der Waals surface area contributed by atoms with Gasteiger partial charge in [-0.2, -0.15) is 0 Å². The predicted molar refractivity (Wildman–Crippen MR) is 97.9 cm³/mol. The molecule has 24 heavy (non-hydrogen) atoms. The Morgan fingerprint density at radius 1 is 1.08 bits per heavy atom. The SMILES string of the molecule is Cl.O=C(CCC(=O)c1ccc2c(c1)CCCC2)N[C@H]1CCCNC1. The standard InChI is InChI=1S/C19H26N2O2.ClH/c22-18(9-10-19(23)21-17-6-3-11-20-13-17)16-8-7-14-4-1-2-5-15(14)12-16;/h7-8,12,17,20H,1-6,9-11,13H2,(H,21,23);1H/t17-;/m0./s1. The van der Waals surface area contributed by atoms with Crippen LogP contribution in [0.1, 0.15) is 60.0 Å². The average molecular weight is 351 g/mol. The van der Waals surface area contributed by atoms with Crippen molar-refractivity contribution in [3.8, 4) is 0 Å². The van der Waals surface area contributed by atoms with E-state index in [1.54, 1.807) is 0 Å². The first kappa shape index (κ1) is 18.9. The summed E-state index contributed by atoms with van der Waals surface area (Å²) in [4.78, 5) is 24.3. The van der Waals surface area contributed by atoms with Crippen LogP contribution >= 0.6 is 12.4 Å². The van der Waals surface area contributed by atoms with Gasteiger partial charge >= 0.3 is 0 Å². The number of Topliss-reactive ketones (excluding diaryl/α,β-unsaturated/α-hetero) is 1. The van der Waals surface area contributed by atoms with E-state index in [4.69, 9.17) is 0 Å². The highest BCUT2D eigenvalue weighted by atomic mass is 35.5. The third kappa shape index (κ3) is 5.05. The van der Waals surface area contributed by atoms with Crippen LogP contribution in [0.3, 0.4) is 0 Å². The summed E-state index contributed by atoms with van der Waals surface area (Å²) in [5.74, 6) is 0.0697. The Labute approximate surface area is 150 Å². The number of benzene rings is 1. The van der Waals surface area contributed by atoms with E-state index in [0.717, 1.165) is 44.3 Å². The summed E-state index contributed by atoms with van der Waals surface area (Å²) >= 11 is 0. The topological polar surface area (TPSA) is 58.2 Å². The molecule has 0 radical (unpaired) electrons. The van der Waals surface area contributed by atoms with E-state index in [1.807, 2.05) is 12.1 Å². The zero-order valence-electron chi connectivity index (χ0n) is 14.1. The van der Waals surface area contributed by atoms with Gasteiger partial charge in [-0.3, -0.25) is 9.59 Å². The molecule has 2 aliphatic rings. The summed E-state index contributed by atoms with van der Waals surface area (Å²) in [6.45, 7) is 1.87. The maximum Gasteiger partial charge on any atom is 0.220 e. The Hall–Kier alpha value is -1.39. The van der Waals surface area contributed by atoms with E-state index in [-0.39, 0.29) is 36.6 Å². The van der Waals surface area contributed by atoms with E-state index < -0.39 is 0 Å². The quantitative estimate of drug-likeness (QED) is 0.803. The first-order chi connectivity index (χ1) is 11.2. The minimum absolute atomic E-state index is 0. The number of amides is 1. The summed E-state index contributed by atoms with van der Waals surface area (Å²) in [5.41, 5.74) is 3.47. The molecular weight excluding hydrogens is 324 g/mol. The third-order valence-corrected chi connectivity index (χ3v) is 4.91. The van der Waals surface area contributed by atoms with E-state index in [2.05, 4.69) is 16.7 Å². The molecular formula is C19H27ClN2O2. The molecule has 1 aromatic rings. The Kier molecular flexibility index (Phi) is 7.25. The van der Waals surface area contributed by atoms with Gasteiger partial charge < -0.3 is 10.6 Å². The first-order valence-electron chi connectivity index (χ1n) is 8.87. The average Bonchev–Trinajstić information content (AvgIpc) is 2.60. The smallest absolute Gasteiger partial charge is 0.220 e. The van der Waals surface area contributed by atoms with Crippen molar-refractivity contribution < 1.29 is 9.59 Å².